The SMILES string of the molecule is CC(C)N(C)c1nc(N)cc(Cl)n1. The molecule has 0 spiro atoms. The third-order valence-electron chi connectivity index (χ3n) is 1.79. The van der Waals surface area contributed by atoms with Gasteiger partial charge in [-0.15, -0.1) is 0 Å². The molecule has 0 saturated heterocycles. The molecule has 0 aliphatic heterocycles. The molecule has 0 saturated carbocycles. The number of nitrogens with two attached hydrogens (primary N) is 1. The number of hydrogen-bond donors (Lipinski definition) is 1. The van der Waals surface area contributed by atoms with Crippen LogP contribution in [-0.4, -0.2) is 23.1 Å². The highest BCUT2D eigenvalue weighted by Gasteiger charge is 2.09. The van der Waals surface area contributed by atoms with Crippen molar-refractivity contribution in [2.75, 3.05) is 17.7 Å². The predicted octanol–water partition coefficient (Wildman–Crippen LogP) is 1.56. The molecule has 1 aromatic rings. The molecule has 1 aromatic heterocycles. The Morgan fingerprint density at radius 1 is 1.46 bits per heavy atom. The summed E-state index contributed by atoms with van der Waals surface area (Å²) in [5.74, 6) is 0.947. The minimum atomic E-state index is 0.317. The van der Waals surface area contributed by atoms with Gasteiger partial charge in [0.05, 0.1) is 0 Å². The molecule has 13 heavy (non-hydrogen) atoms. The smallest absolute Gasteiger partial charge is 0.228 e. The molecule has 1 heterocycles. The normalized spacial score (nSPS) is 10.5. The van der Waals surface area contributed by atoms with Gasteiger partial charge in [0.25, 0.3) is 0 Å². The number of hydrogen-bond acceptors (Lipinski definition) is 4. The maximum absolute atomic E-state index is 5.74. The zero-order valence-corrected chi connectivity index (χ0v) is 8.71. The third kappa shape index (κ3) is 2.45. The first kappa shape index (κ1) is 10.1. The Balaban J connectivity index is 3.01. The molecule has 0 aliphatic rings. The number of nitrogens with zero attached hydrogens (tertiary/aromatic N) is 3. The van der Waals surface area contributed by atoms with Crippen LogP contribution < -0.4 is 10.6 Å². The Labute approximate surface area is 82.7 Å². The summed E-state index contributed by atoms with van der Waals surface area (Å²) < 4.78 is 0. The van der Waals surface area contributed by atoms with E-state index >= 15 is 0 Å². The van der Waals surface area contributed by atoms with Crippen LogP contribution in [0.25, 0.3) is 0 Å². The van der Waals surface area contributed by atoms with Crippen molar-refractivity contribution in [3.05, 3.63) is 11.2 Å². The first-order chi connectivity index (χ1) is 6.00. The largest absolute Gasteiger partial charge is 0.383 e. The van der Waals surface area contributed by atoms with Crippen molar-refractivity contribution in [2.24, 2.45) is 0 Å². The van der Waals surface area contributed by atoms with Gasteiger partial charge in [-0.3, -0.25) is 0 Å². The second-order valence-corrected chi connectivity index (χ2v) is 3.51. The van der Waals surface area contributed by atoms with Crippen molar-refractivity contribution in [3.8, 4) is 0 Å². The molecule has 72 valence electrons. The standard InChI is InChI=1S/C8H13ClN4/c1-5(2)13(3)8-11-6(9)4-7(10)12-8/h4-5H,1-3H3,(H2,10,11,12). The van der Waals surface area contributed by atoms with Gasteiger partial charge < -0.3 is 10.6 Å². The van der Waals surface area contributed by atoms with Gasteiger partial charge in [-0.25, -0.2) is 4.98 Å². The molecule has 1 rings (SSSR count). The first-order valence-corrected chi connectivity index (χ1v) is 4.41. The van der Waals surface area contributed by atoms with E-state index < -0.39 is 0 Å². The van der Waals surface area contributed by atoms with Crippen LogP contribution in [0, 0.1) is 0 Å². The Hall–Kier alpha value is -1.03. The Morgan fingerprint density at radius 3 is 2.54 bits per heavy atom. The van der Waals surface area contributed by atoms with Crippen molar-refractivity contribution in [1.82, 2.24) is 9.97 Å². The average Bonchev–Trinajstić information content (AvgIpc) is 2.01. The van der Waals surface area contributed by atoms with Crippen LogP contribution in [0.3, 0.4) is 0 Å². The van der Waals surface area contributed by atoms with Crippen LogP contribution in [0.2, 0.25) is 5.15 Å². The fourth-order valence-corrected chi connectivity index (χ4v) is 0.999. The van der Waals surface area contributed by atoms with Gasteiger partial charge in [0.1, 0.15) is 11.0 Å². The fraction of sp³-hybridized carbons (Fsp3) is 0.500. The van der Waals surface area contributed by atoms with Crippen LogP contribution in [0.5, 0.6) is 0 Å². The molecule has 0 aliphatic carbocycles. The van der Waals surface area contributed by atoms with E-state index in [4.69, 9.17) is 17.3 Å². The summed E-state index contributed by atoms with van der Waals surface area (Å²) in [5, 5.41) is 0.370. The minimum Gasteiger partial charge on any atom is -0.383 e. The second kappa shape index (κ2) is 3.79. The number of nitrogen functional groups attached to an aromatic ring is 1. The molecule has 2 N–H and O–H groups in total. The van der Waals surface area contributed by atoms with Crippen LogP contribution in [0.15, 0.2) is 6.07 Å². The van der Waals surface area contributed by atoms with Gasteiger partial charge in [0.15, 0.2) is 0 Å². The Bertz CT molecular complexity index is 280. The molecule has 0 atom stereocenters. The van der Waals surface area contributed by atoms with Crippen molar-refractivity contribution < 1.29 is 0 Å². The maximum Gasteiger partial charge on any atom is 0.228 e. The van der Waals surface area contributed by atoms with Crippen LogP contribution in [0.1, 0.15) is 13.8 Å². The molecule has 5 heteroatoms. The molecule has 4 nitrogen and oxygen atoms in total. The van der Waals surface area contributed by atoms with Crippen LogP contribution in [-0.2, 0) is 0 Å². The first-order valence-electron chi connectivity index (χ1n) is 4.03. The van der Waals surface area contributed by atoms with E-state index in [0.29, 0.717) is 23.0 Å². The van der Waals surface area contributed by atoms with E-state index in [-0.39, 0.29) is 0 Å². The van der Waals surface area contributed by atoms with Crippen molar-refractivity contribution in [1.29, 1.82) is 0 Å². The lowest BCUT2D eigenvalue weighted by Gasteiger charge is -2.21. The Kier molecular flexibility index (Phi) is 2.93. The lowest BCUT2D eigenvalue weighted by Crippen LogP contribution is -2.27. The topological polar surface area (TPSA) is 55.0 Å². The molecule has 0 bridgehead atoms. The number of rotatable bonds is 2. The van der Waals surface area contributed by atoms with Crippen molar-refractivity contribution in [3.63, 3.8) is 0 Å². The van der Waals surface area contributed by atoms with E-state index in [9.17, 15) is 0 Å². The number of aromatic nitrogens is 2. The lowest BCUT2D eigenvalue weighted by molar-refractivity contribution is 0.730. The molecule has 0 aromatic carbocycles. The van der Waals surface area contributed by atoms with Crippen molar-refractivity contribution in [2.45, 2.75) is 19.9 Å². The summed E-state index contributed by atoms with van der Waals surface area (Å²) in [6.07, 6.45) is 0. The number of anilines is 2. The lowest BCUT2D eigenvalue weighted by atomic mass is 10.4. The number of halogens is 1. The molecule has 0 fully saturated rings. The van der Waals surface area contributed by atoms with E-state index in [1.807, 2.05) is 25.8 Å². The van der Waals surface area contributed by atoms with Gasteiger partial charge in [0.2, 0.25) is 5.95 Å². The van der Waals surface area contributed by atoms with Gasteiger partial charge in [-0.2, -0.15) is 4.98 Å². The minimum absolute atomic E-state index is 0.317. The highest BCUT2D eigenvalue weighted by molar-refractivity contribution is 6.29. The second-order valence-electron chi connectivity index (χ2n) is 3.12. The van der Waals surface area contributed by atoms with Crippen molar-refractivity contribution >= 4 is 23.4 Å². The monoisotopic (exact) mass is 200 g/mol. The molecular weight excluding hydrogens is 188 g/mol. The summed E-state index contributed by atoms with van der Waals surface area (Å²) in [4.78, 5) is 10.0. The predicted molar refractivity (Wildman–Crippen MR) is 55.0 cm³/mol. The highest BCUT2D eigenvalue weighted by Crippen LogP contribution is 2.15. The fourth-order valence-electron chi connectivity index (χ4n) is 0.811. The molecule has 0 radical (unpaired) electrons. The van der Waals surface area contributed by atoms with Gasteiger partial charge in [-0.05, 0) is 13.8 Å². The molecule has 0 amide bonds. The zero-order valence-electron chi connectivity index (χ0n) is 7.95. The van der Waals surface area contributed by atoms with Gasteiger partial charge >= 0.3 is 0 Å². The van der Waals surface area contributed by atoms with E-state index in [1.165, 1.54) is 6.07 Å². The van der Waals surface area contributed by atoms with Crippen LogP contribution in [0.4, 0.5) is 11.8 Å². The average molecular weight is 201 g/mol. The molecular formula is C8H13ClN4. The summed E-state index contributed by atoms with van der Waals surface area (Å²) >= 11 is 5.74. The van der Waals surface area contributed by atoms with E-state index in [2.05, 4.69) is 9.97 Å². The molecule has 0 unspecified atom stereocenters. The van der Waals surface area contributed by atoms with Crippen LogP contribution >= 0.6 is 11.6 Å². The van der Waals surface area contributed by atoms with E-state index in [1.54, 1.807) is 0 Å². The third-order valence-corrected chi connectivity index (χ3v) is 1.99. The summed E-state index contributed by atoms with van der Waals surface area (Å²) in [6.45, 7) is 4.08. The van der Waals surface area contributed by atoms with E-state index in [0.717, 1.165) is 0 Å². The van der Waals surface area contributed by atoms with Gasteiger partial charge in [-0.1, -0.05) is 11.6 Å². The van der Waals surface area contributed by atoms with Gasteiger partial charge in [0, 0.05) is 19.2 Å². The Morgan fingerprint density at radius 2 is 2.08 bits per heavy atom. The quantitative estimate of drug-likeness (QED) is 0.737. The highest BCUT2D eigenvalue weighted by atomic mass is 35.5. The zero-order chi connectivity index (χ0) is 10.0. The summed E-state index contributed by atoms with van der Waals surface area (Å²) in [5.41, 5.74) is 5.54. The summed E-state index contributed by atoms with van der Waals surface area (Å²) in [7, 11) is 1.90. The summed E-state index contributed by atoms with van der Waals surface area (Å²) in [6, 6.07) is 1.84. The maximum atomic E-state index is 5.74.